The van der Waals surface area contributed by atoms with Crippen LogP contribution in [0.2, 0.25) is 5.02 Å². The second-order valence-electron chi connectivity index (χ2n) is 5.49. The first-order valence-electron chi connectivity index (χ1n) is 7.73. The molecule has 1 rings (SSSR count). The zero-order valence-electron chi connectivity index (χ0n) is 13.8. The van der Waals surface area contributed by atoms with E-state index in [-0.39, 0.29) is 12.1 Å². The molecule has 0 spiro atoms. The lowest BCUT2D eigenvalue weighted by atomic mass is 9.93. The number of benzene rings is 1. The first-order valence-corrected chi connectivity index (χ1v) is 8.11. The van der Waals surface area contributed by atoms with Crippen LogP contribution in [0.4, 0.5) is 0 Å². The molecule has 1 N–H and O–H groups in total. The van der Waals surface area contributed by atoms with Crippen molar-refractivity contribution >= 4 is 11.6 Å². The Bertz CT molecular complexity index is 423. The summed E-state index contributed by atoms with van der Waals surface area (Å²) in [5.74, 6) is 1.12. The number of ether oxygens (including phenoxy) is 2. The van der Waals surface area contributed by atoms with Crippen LogP contribution in [0.25, 0.3) is 0 Å². The van der Waals surface area contributed by atoms with Crippen LogP contribution in [0.1, 0.15) is 45.7 Å². The molecule has 0 aliphatic carbocycles. The number of nitrogens with one attached hydrogen (secondary N) is 1. The highest BCUT2D eigenvalue weighted by Gasteiger charge is 2.26. The van der Waals surface area contributed by atoms with Crippen molar-refractivity contribution in [3.63, 3.8) is 0 Å². The fraction of sp³-hybridized carbons (Fsp3) is 0.647. The van der Waals surface area contributed by atoms with Gasteiger partial charge in [0.1, 0.15) is 5.75 Å². The van der Waals surface area contributed by atoms with Crippen LogP contribution >= 0.6 is 11.6 Å². The lowest BCUT2D eigenvalue weighted by Gasteiger charge is -2.31. The minimum absolute atomic E-state index is 0.118. The van der Waals surface area contributed by atoms with Crippen LogP contribution in [-0.4, -0.2) is 26.4 Å². The Balaban J connectivity index is 3.10. The molecule has 4 heteroatoms. The summed E-state index contributed by atoms with van der Waals surface area (Å²) in [7, 11) is 1.64. The van der Waals surface area contributed by atoms with E-state index < -0.39 is 0 Å². The molecule has 0 radical (unpaired) electrons. The summed E-state index contributed by atoms with van der Waals surface area (Å²) in [5.41, 5.74) is 1.15. The second-order valence-corrected chi connectivity index (χ2v) is 5.90. The number of rotatable bonds is 9. The summed E-state index contributed by atoms with van der Waals surface area (Å²) in [6.45, 7) is 10.2. The molecule has 0 fully saturated rings. The molecule has 120 valence electrons. The van der Waals surface area contributed by atoms with E-state index in [2.05, 4.69) is 26.1 Å². The SMILES string of the molecule is CCCNC(c1ccc(Cl)c(OC)c1)C(OCC)C(C)C. The van der Waals surface area contributed by atoms with E-state index in [1.807, 2.05) is 25.1 Å². The number of hydrogen-bond acceptors (Lipinski definition) is 3. The van der Waals surface area contributed by atoms with Gasteiger partial charge >= 0.3 is 0 Å². The molecule has 2 unspecified atom stereocenters. The highest BCUT2D eigenvalue weighted by molar-refractivity contribution is 6.32. The van der Waals surface area contributed by atoms with Gasteiger partial charge in [-0.1, -0.05) is 38.4 Å². The molecule has 0 aliphatic heterocycles. The third kappa shape index (κ3) is 5.17. The Morgan fingerprint density at radius 1 is 1.24 bits per heavy atom. The van der Waals surface area contributed by atoms with Crippen LogP contribution in [0.3, 0.4) is 0 Å². The number of halogens is 1. The van der Waals surface area contributed by atoms with Gasteiger partial charge in [-0.25, -0.2) is 0 Å². The van der Waals surface area contributed by atoms with Crippen LogP contribution in [0, 0.1) is 5.92 Å². The van der Waals surface area contributed by atoms with E-state index >= 15 is 0 Å². The largest absolute Gasteiger partial charge is 0.495 e. The molecule has 1 aromatic carbocycles. The minimum Gasteiger partial charge on any atom is -0.495 e. The number of hydrogen-bond donors (Lipinski definition) is 1. The van der Waals surface area contributed by atoms with E-state index in [0.717, 1.165) is 18.5 Å². The zero-order chi connectivity index (χ0) is 15.8. The fourth-order valence-electron chi connectivity index (χ4n) is 2.46. The highest BCUT2D eigenvalue weighted by atomic mass is 35.5. The maximum Gasteiger partial charge on any atom is 0.137 e. The molecule has 0 amide bonds. The van der Waals surface area contributed by atoms with Gasteiger partial charge in [0.2, 0.25) is 0 Å². The van der Waals surface area contributed by atoms with Gasteiger partial charge in [-0.15, -0.1) is 0 Å². The van der Waals surface area contributed by atoms with Gasteiger partial charge in [0.05, 0.1) is 24.3 Å². The van der Waals surface area contributed by atoms with Gasteiger partial charge in [-0.3, -0.25) is 0 Å². The van der Waals surface area contributed by atoms with Crippen molar-refractivity contribution in [3.05, 3.63) is 28.8 Å². The Kier molecular flexibility index (Phi) is 8.09. The lowest BCUT2D eigenvalue weighted by Crippen LogP contribution is -2.37. The molecule has 0 saturated heterocycles. The van der Waals surface area contributed by atoms with Gasteiger partial charge in [-0.05, 0) is 43.5 Å². The monoisotopic (exact) mass is 313 g/mol. The zero-order valence-corrected chi connectivity index (χ0v) is 14.5. The highest BCUT2D eigenvalue weighted by Crippen LogP contribution is 2.31. The Morgan fingerprint density at radius 2 is 1.95 bits per heavy atom. The molecule has 0 saturated carbocycles. The fourth-order valence-corrected chi connectivity index (χ4v) is 2.65. The average Bonchev–Trinajstić information content (AvgIpc) is 2.47. The van der Waals surface area contributed by atoms with Crippen molar-refractivity contribution < 1.29 is 9.47 Å². The second kappa shape index (κ2) is 9.29. The van der Waals surface area contributed by atoms with E-state index in [9.17, 15) is 0 Å². The maximum atomic E-state index is 6.13. The number of methoxy groups -OCH3 is 1. The van der Waals surface area contributed by atoms with Gasteiger partial charge in [-0.2, -0.15) is 0 Å². The van der Waals surface area contributed by atoms with Crippen LogP contribution in [0.15, 0.2) is 18.2 Å². The summed E-state index contributed by atoms with van der Waals surface area (Å²) < 4.78 is 11.3. The standard InChI is InChI=1S/C17H28ClNO2/c1-6-10-19-16(17(12(3)4)21-7-2)13-8-9-14(18)15(11-13)20-5/h8-9,11-12,16-17,19H,6-7,10H2,1-5H3. The maximum absolute atomic E-state index is 6.13. The molecular weight excluding hydrogens is 286 g/mol. The molecule has 0 aliphatic rings. The quantitative estimate of drug-likeness (QED) is 0.730. The molecule has 3 nitrogen and oxygen atoms in total. The van der Waals surface area contributed by atoms with Gasteiger partial charge in [0.15, 0.2) is 0 Å². The van der Waals surface area contributed by atoms with Gasteiger partial charge < -0.3 is 14.8 Å². The molecule has 0 aromatic heterocycles. The van der Waals surface area contributed by atoms with Crippen LogP contribution in [0.5, 0.6) is 5.75 Å². The Morgan fingerprint density at radius 3 is 2.48 bits per heavy atom. The summed E-state index contributed by atoms with van der Waals surface area (Å²) >= 11 is 6.13. The van der Waals surface area contributed by atoms with Crippen molar-refractivity contribution in [3.8, 4) is 5.75 Å². The molecule has 0 heterocycles. The lowest BCUT2D eigenvalue weighted by molar-refractivity contribution is 0.00280. The first kappa shape index (κ1) is 18.3. The normalized spacial score (nSPS) is 14.2. The average molecular weight is 314 g/mol. The van der Waals surface area contributed by atoms with Crippen molar-refractivity contribution in [2.24, 2.45) is 5.92 Å². The topological polar surface area (TPSA) is 30.5 Å². The van der Waals surface area contributed by atoms with Crippen molar-refractivity contribution in [2.75, 3.05) is 20.3 Å². The van der Waals surface area contributed by atoms with Crippen LogP contribution in [-0.2, 0) is 4.74 Å². The van der Waals surface area contributed by atoms with Crippen molar-refractivity contribution in [1.29, 1.82) is 0 Å². The van der Waals surface area contributed by atoms with E-state index in [1.54, 1.807) is 7.11 Å². The summed E-state index contributed by atoms with van der Waals surface area (Å²) in [6, 6.07) is 6.08. The Hall–Kier alpha value is -0.770. The van der Waals surface area contributed by atoms with Crippen LogP contribution < -0.4 is 10.1 Å². The Labute approximate surface area is 134 Å². The minimum atomic E-state index is 0.118. The molecule has 0 bridgehead atoms. The van der Waals surface area contributed by atoms with Gasteiger partial charge in [0, 0.05) is 6.61 Å². The third-order valence-corrected chi connectivity index (χ3v) is 3.81. The predicted molar refractivity (Wildman–Crippen MR) is 89.3 cm³/mol. The van der Waals surface area contributed by atoms with E-state index in [1.165, 1.54) is 0 Å². The molecule has 2 atom stereocenters. The molecular formula is C17H28ClNO2. The van der Waals surface area contributed by atoms with Crippen molar-refractivity contribution in [2.45, 2.75) is 46.3 Å². The van der Waals surface area contributed by atoms with Gasteiger partial charge in [0.25, 0.3) is 0 Å². The summed E-state index contributed by atoms with van der Waals surface area (Å²) in [4.78, 5) is 0. The summed E-state index contributed by atoms with van der Waals surface area (Å²) in [5, 5.41) is 4.23. The first-order chi connectivity index (χ1) is 10.0. The van der Waals surface area contributed by atoms with Crippen molar-refractivity contribution in [1.82, 2.24) is 5.32 Å². The van der Waals surface area contributed by atoms with E-state index in [0.29, 0.717) is 23.3 Å². The third-order valence-electron chi connectivity index (χ3n) is 3.49. The van der Waals surface area contributed by atoms with E-state index in [4.69, 9.17) is 21.1 Å². The summed E-state index contributed by atoms with van der Waals surface area (Å²) in [6.07, 6.45) is 1.20. The smallest absolute Gasteiger partial charge is 0.137 e. The molecule has 1 aromatic rings. The molecule has 21 heavy (non-hydrogen) atoms. The predicted octanol–water partition coefficient (Wildman–Crippen LogP) is 4.45.